The van der Waals surface area contributed by atoms with Gasteiger partial charge in [0, 0.05) is 38.6 Å². The molecule has 2 aromatic carbocycles. The molecule has 0 bridgehead atoms. The number of carbonyl (C=O) groups is 1. The van der Waals surface area contributed by atoms with Crippen LogP contribution < -0.4 is 4.72 Å². The van der Waals surface area contributed by atoms with E-state index in [0.29, 0.717) is 26.2 Å². The Balaban J connectivity index is 1.34. The van der Waals surface area contributed by atoms with Gasteiger partial charge in [0.05, 0.1) is 0 Å². The van der Waals surface area contributed by atoms with Gasteiger partial charge < -0.3 is 10.0 Å². The van der Waals surface area contributed by atoms with Crippen molar-refractivity contribution < 1.29 is 18.3 Å². The summed E-state index contributed by atoms with van der Waals surface area (Å²) in [7, 11) is -3.88. The summed E-state index contributed by atoms with van der Waals surface area (Å²) in [4.78, 5) is 14.2. The van der Waals surface area contributed by atoms with Crippen LogP contribution in [0.2, 0.25) is 0 Å². The SMILES string of the molecule is O=C(O)C1(NS(=O)(=O)N2CCN(CCc3ccccc3)CC2)CC1c1ccccc1. The van der Waals surface area contributed by atoms with Crippen LogP contribution in [0.4, 0.5) is 0 Å². The molecule has 8 heteroatoms. The molecule has 0 aromatic heterocycles. The molecule has 2 aromatic rings. The third-order valence-electron chi connectivity index (χ3n) is 6.09. The molecule has 2 N–H and O–H groups in total. The van der Waals surface area contributed by atoms with Crippen LogP contribution in [0.15, 0.2) is 60.7 Å². The van der Waals surface area contributed by atoms with Crippen molar-refractivity contribution in [3.05, 3.63) is 71.8 Å². The fourth-order valence-electron chi connectivity index (χ4n) is 4.16. The third-order valence-corrected chi connectivity index (χ3v) is 7.75. The van der Waals surface area contributed by atoms with Crippen LogP contribution in [0.1, 0.15) is 23.5 Å². The molecule has 0 radical (unpaired) electrons. The van der Waals surface area contributed by atoms with Crippen molar-refractivity contribution in [1.82, 2.24) is 13.9 Å². The molecule has 2 aliphatic rings. The fraction of sp³-hybridized carbons (Fsp3) is 0.409. The molecule has 1 saturated heterocycles. The highest BCUT2D eigenvalue weighted by Crippen LogP contribution is 2.52. The zero-order valence-corrected chi connectivity index (χ0v) is 17.6. The Hall–Kier alpha value is -2.26. The quantitative estimate of drug-likeness (QED) is 0.667. The summed E-state index contributed by atoms with van der Waals surface area (Å²) in [5.74, 6) is -1.47. The van der Waals surface area contributed by atoms with Gasteiger partial charge in [-0.15, -0.1) is 0 Å². The summed E-state index contributed by atoms with van der Waals surface area (Å²) in [6.45, 7) is 2.86. The molecule has 1 heterocycles. The van der Waals surface area contributed by atoms with Crippen molar-refractivity contribution in [3.8, 4) is 0 Å². The molecule has 0 spiro atoms. The van der Waals surface area contributed by atoms with Crippen molar-refractivity contribution >= 4 is 16.2 Å². The monoisotopic (exact) mass is 429 g/mol. The standard InChI is InChI=1S/C22H27N3O4S/c26-21(27)22(17-20(22)19-9-5-2-6-10-19)23-30(28,29)25-15-13-24(14-16-25)12-11-18-7-3-1-4-8-18/h1-10,20,23H,11-17H2,(H,26,27). The maximum atomic E-state index is 12.9. The van der Waals surface area contributed by atoms with Gasteiger partial charge >= 0.3 is 5.97 Å². The predicted octanol–water partition coefficient (Wildman–Crippen LogP) is 1.69. The Morgan fingerprint density at radius 1 is 1.00 bits per heavy atom. The van der Waals surface area contributed by atoms with Crippen LogP contribution in [-0.4, -0.2) is 67.0 Å². The van der Waals surface area contributed by atoms with Crippen LogP contribution in [-0.2, 0) is 21.4 Å². The zero-order valence-electron chi connectivity index (χ0n) is 16.8. The number of hydrogen-bond donors (Lipinski definition) is 2. The van der Waals surface area contributed by atoms with E-state index in [1.165, 1.54) is 9.87 Å². The van der Waals surface area contributed by atoms with Crippen molar-refractivity contribution in [1.29, 1.82) is 0 Å². The number of aliphatic carboxylic acids is 1. The first-order valence-corrected chi connectivity index (χ1v) is 11.7. The summed E-state index contributed by atoms with van der Waals surface area (Å²) < 4.78 is 29.8. The second-order valence-electron chi connectivity index (χ2n) is 8.03. The Kier molecular flexibility index (Phi) is 5.92. The second kappa shape index (κ2) is 8.47. The summed E-state index contributed by atoms with van der Waals surface area (Å²) in [6.07, 6.45) is 1.19. The maximum Gasteiger partial charge on any atom is 0.325 e. The van der Waals surface area contributed by atoms with Gasteiger partial charge in [-0.05, 0) is 24.0 Å². The third kappa shape index (κ3) is 4.41. The molecule has 160 valence electrons. The first-order valence-electron chi connectivity index (χ1n) is 10.2. The Labute approximate surface area is 177 Å². The van der Waals surface area contributed by atoms with E-state index in [1.54, 1.807) is 0 Å². The second-order valence-corrected chi connectivity index (χ2v) is 9.70. The summed E-state index contributed by atoms with van der Waals surface area (Å²) in [6, 6.07) is 19.4. The number of hydrogen-bond acceptors (Lipinski definition) is 4. The highest BCUT2D eigenvalue weighted by Gasteiger charge is 2.63. The largest absolute Gasteiger partial charge is 0.480 e. The minimum absolute atomic E-state index is 0.266. The van der Waals surface area contributed by atoms with E-state index in [-0.39, 0.29) is 12.3 Å². The van der Waals surface area contributed by atoms with Crippen molar-refractivity contribution in [2.45, 2.75) is 24.3 Å². The Bertz CT molecular complexity index is 976. The van der Waals surface area contributed by atoms with Gasteiger partial charge in [0.1, 0.15) is 5.54 Å². The van der Waals surface area contributed by atoms with Crippen LogP contribution in [0.25, 0.3) is 0 Å². The average molecular weight is 430 g/mol. The molecule has 2 unspecified atom stereocenters. The minimum atomic E-state index is -3.88. The zero-order chi connectivity index (χ0) is 21.2. The van der Waals surface area contributed by atoms with Gasteiger partial charge in [0.2, 0.25) is 0 Å². The molecule has 0 amide bonds. The number of rotatable bonds is 8. The average Bonchev–Trinajstić information content (AvgIpc) is 3.49. The molecule has 30 heavy (non-hydrogen) atoms. The molecule has 1 aliphatic heterocycles. The van der Waals surface area contributed by atoms with E-state index in [2.05, 4.69) is 21.8 Å². The minimum Gasteiger partial charge on any atom is -0.480 e. The molecular formula is C22H27N3O4S. The van der Waals surface area contributed by atoms with Gasteiger partial charge in [0.25, 0.3) is 10.2 Å². The first-order chi connectivity index (χ1) is 14.4. The molecular weight excluding hydrogens is 402 g/mol. The molecule has 1 saturated carbocycles. The van der Waals surface area contributed by atoms with E-state index in [4.69, 9.17) is 0 Å². The van der Waals surface area contributed by atoms with Crippen LogP contribution in [0.5, 0.6) is 0 Å². The molecule has 1 aliphatic carbocycles. The van der Waals surface area contributed by atoms with Crippen LogP contribution in [0, 0.1) is 0 Å². The fourth-order valence-corrected chi connectivity index (χ4v) is 5.71. The number of carboxylic acids is 1. The number of benzene rings is 2. The summed E-state index contributed by atoms with van der Waals surface area (Å²) in [5, 5.41) is 9.76. The van der Waals surface area contributed by atoms with Gasteiger partial charge in [-0.2, -0.15) is 17.4 Å². The maximum absolute atomic E-state index is 12.9. The molecule has 4 rings (SSSR count). The van der Waals surface area contributed by atoms with E-state index in [0.717, 1.165) is 18.5 Å². The number of carboxylic acid groups (broad SMARTS) is 1. The molecule has 2 atom stereocenters. The highest BCUT2D eigenvalue weighted by atomic mass is 32.2. The lowest BCUT2D eigenvalue weighted by Gasteiger charge is -2.34. The Morgan fingerprint density at radius 2 is 1.60 bits per heavy atom. The van der Waals surface area contributed by atoms with Crippen molar-refractivity contribution in [2.75, 3.05) is 32.7 Å². The number of nitrogens with one attached hydrogen (secondary N) is 1. The Morgan fingerprint density at radius 3 is 2.20 bits per heavy atom. The van der Waals surface area contributed by atoms with Crippen molar-refractivity contribution in [3.63, 3.8) is 0 Å². The lowest BCUT2D eigenvalue weighted by Crippen LogP contribution is -2.56. The normalized spacial score (nSPS) is 25.1. The smallest absolute Gasteiger partial charge is 0.325 e. The topological polar surface area (TPSA) is 89.9 Å². The van der Waals surface area contributed by atoms with Crippen molar-refractivity contribution in [2.24, 2.45) is 0 Å². The first kappa shape index (κ1) is 21.0. The van der Waals surface area contributed by atoms with Gasteiger partial charge in [-0.1, -0.05) is 60.7 Å². The molecule has 2 fully saturated rings. The van der Waals surface area contributed by atoms with Crippen LogP contribution >= 0.6 is 0 Å². The highest BCUT2D eigenvalue weighted by molar-refractivity contribution is 7.87. The number of piperazine rings is 1. The van der Waals surface area contributed by atoms with E-state index in [9.17, 15) is 18.3 Å². The summed E-state index contributed by atoms with van der Waals surface area (Å²) in [5.41, 5.74) is 0.650. The molecule has 7 nitrogen and oxygen atoms in total. The van der Waals surface area contributed by atoms with Gasteiger partial charge in [-0.3, -0.25) is 4.79 Å². The van der Waals surface area contributed by atoms with E-state index in [1.807, 2.05) is 48.5 Å². The van der Waals surface area contributed by atoms with Gasteiger partial charge in [0.15, 0.2) is 0 Å². The van der Waals surface area contributed by atoms with E-state index < -0.39 is 21.7 Å². The lowest BCUT2D eigenvalue weighted by atomic mass is 10.1. The number of nitrogens with zero attached hydrogens (tertiary/aromatic N) is 2. The predicted molar refractivity (Wildman–Crippen MR) is 114 cm³/mol. The lowest BCUT2D eigenvalue weighted by molar-refractivity contribution is -0.140. The summed E-state index contributed by atoms with van der Waals surface area (Å²) >= 11 is 0. The van der Waals surface area contributed by atoms with Gasteiger partial charge in [-0.25, -0.2) is 0 Å². The van der Waals surface area contributed by atoms with Crippen LogP contribution in [0.3, 0.4) is 0 Å². The van der Waals surface area contributed by atoms with E-state index >= 15 is 0 Å².